The molecule has 0 spiro atoms. The predicted molar refractivity (Wildman–Crippen MR) is 84.2 cm³/mol. The number of benzene rings is 1. The number of aryl methyl sites for hydroxylation is 1. The zero-order chi connectivity index (χ0) is 14.9. The molecule has 5 nitrogen and oxygen atoms in total. The summed E-state index contributed by atoms with van der Waals surface area (Å²) in [4.78, 5) is 23.4. The van der Waals surface area contributed by atoms with Crippen molar-refractivity contribution in [3.63, 3.8) is 0 Å². The van der Waals surface area contributed by atoms with Crippen molar-refractivity contribution in [1.29, 1.82) is 0 Å². The maximum atomic E-state index is 12.2. The fourth-order valence-electron chi connectivity index (χ4n) is 1.83. The van der Waals surface area contributed by atoms with E-state index in [2.05, 4.69) is 5.32 Å². The molecule has 104 valence electrons. The molecule has 1 heterocycles. The van der Waals surface area contributed by atoms with Crippen LogP contribution in [0.15, 0.2) is 30.3 Å². The Balaban J connectivity index is 2.33. The summed E-state index contributed by atoms with van der Waals surface area (Å²) in [5, 5.41) is 11.8. The number of nitrogens with zero attached hydrogens (tertiary/aromatic N) is 1. The smallest absolute Gasteiger partial charge is 0.337 e. The highest BCUT2D eigenvalue weighted by Crippen LogP contribution is 2.20. The first-order valence-corrected chi connectivity index (χ1v) is 6.94. The highest BCUT2D eigenvalue weighted by Gasteiger charge is 2.16. The number of rotatable bonds is 3. The monoisotopic (exact) mass is 384 g/mol. The molecule has 0 aliphatic heterocycles. The van der Waals surface area contributed by atoms with Gasteiger partial charge >= 0.3 is 5.97 Å². The highest BCUT2D eigenvalue weighted by atomic mass is 127. The van der Waals surface area contributed by atoms with E-state index in [-0.39, 0.29) is 11.5 Å². The predicted octanol–water partition coefficient (Wildman–Crippen LogP) is 2.89. The molecule has 1 aromatic carbocycles. The van der Waals surface area contributed by atoms with E-state index < -0.39 is 5.97 Å². The number of hydrogen-bond donors (Lipinski definition) is 2. The molecular formula is C14H13IN2O3. The quantitative estimate of drug-likeness (QED) is 0.800. The van der Waals surface area contributed by atoms with Gasteiger partial charge in [0.05, 0.1) is 11.3 Å². The van der Waals surface area contributed by atoms with E-state index in [4.69, 9.17) is 0 Å². The van der Waals surface area contributed by atoms with Gasteiger partial charge in [0.15, 0.2) is 0 Å². The lowest BCUT2D eigenvalue weighted by molar-refractivity contribution is 0.0698. The van der Waals surface area contributed by atoms with Crippen molar-refractivity contribution >= 4 is 40.2 Å². The number of amides is 1. The third-order valence-corrected chi connectivity index (χ3v) is 3.74. The molecule has 2 aromatic rings. The fourth-order valence-corrected chi connectivity index (χ4v) is 2.32. The molecule has 0 aliphatic carbocycles. The minimum Gasteiger partial charge on any atom is -0.478 e. The van der Waals surface area contributed by atoms with E-state index in [1.165, 1.54) is 6.07 Å². The summed E-state index contributed by atoms with van der Waals surface area (Å²) in [6.45, 7) is 1.89. The van der Waals surface area contributed by atoms with E-state index in [1.54, 1.807) is 29.8 Å². The molecule has 1 amide bonds. The minimum absolute atomic E-state index is 0.0798. The highest BCUT2D eigenvalue weighted by molar-refractivity contribution is 14.1. The summed E-state index contributed by atoms with van der Waals surface area (Å²) < 4.78 is 2.55. The SMILES string of the molecule is Cc1ccc(C(=O)Nc2ccc(I)cc2C(=O)O)n1C. The first-order valence-electron chi connectivity index (χ1n) is 5.86. The third-order valence-electron chi connectivity index (χ3n) is 3.07. The van der Waals surface area contributed by atoms with Crippen LogP contribution in [0, 0.1) is 10.5 Å². The summed E-state index contributed by atoms with van der Waals surface area (Å²) in [6, 6.07) is 8.41. The maximum absolute atomic E-state index is 12.2. The summed E-state index contributed by atoms with van der Waals surface area (Å²) in [5.41, 5.74) is 1.81. The Morgan fingerprint density at radius 3 is 2.50 bits per heavy atom. The number of aromatic carboxylic acids is 1. The maximum Gasteiger partial charge on any atom is 0.337 e. The largest absolute Gasteiger partial charge is 0.478 e. The minimum atomic E-state index is -1.07. The van der Waals surface area contributed by atoms with Crippen LogP contribution in [-0.2, 0) is 7.05 Å². The van der Waals surface area contributed by atoms with Crippen LogP contribution in [0.5, 0.6) is 0 Å². The zero-order valence-corrected chi connectivity index (χ0v) is 13.1. The first kappa shape index (κ1) is 14.6. The molecule has 0 atom stereocenters. The van der Waals surface area contributed by atoms with Gasteiger partial charge in [0.1, 0.15) is 5.69 Å². The van der Waals surface area contributed by atoms with Crippen molar-refractivity contribution < 1.29 is 14.7 Å². The van der Waals surface area contributed by atoms with Crippen LogP contribution in [0.4, 0.5) is 5.69 Å². The van der Waals surface area contributed by atoms with E-state index >= 15 is 0 Å². The van der Waals surface area contributed by atoms with Crippen LogP contribution in [0.2, 0.25) is 0 Å². The Morgan fingerprint density at radius 2 is 1.95 bits per heavy atom. The number of nitrogens with one attached hydrogen (secondary N) is 1. The van der Waals surface area contributed by atoms with Crippen molar-refractivity contribution in [2.24, 2.45) is 7.05 Å². The molecule has 2 N–H and O–H groups in total. The van der Waals surface area contributed by atoms with Gasteiger partial charge in [-0.2, -0.15) is 0 Å². The number of carbonyl (C=O) groups excluding carboxylic acids is 1. The lowest BCUT2D eigenvalue weighted by atomic mass is 10.2. The molecule has 0 bridgehead atoms. The van der Waals surface area contributed by atoms with Gasteiger partial charge in [0.2, 0.25) is 0 Å². The second-order valence-electron chi connectivity index (χ2n) is 4.37. The Morgan fingerprint density at radius 1 is 1.25 bits per heavy atom. The van der Waals surface area contributed by atoms with E-state index in [0.29, 0.717) is 11.4 Å². The van der Waals surface area contributed by atoms with Crippen LogP contribution >= 0.6 is 22.6 Å². The summed E-state index contributed by atoms with van der Waals surface area (Å²) in [7, 11) is 1.79. The Bertz CT molecular complexity index is 692. The van der Waals surface area contributed by atoms with E-state index in [9.17, 15) is 14.7 Å². The molecular weight excluding hydrogens is 371 g/mol. The van der Waals surface area contributed by atoms with Crippen LogP contribution in [0.3, 0.4) is 0 Å². The van der Waals surface area contributed by atoms with Crippen molar-refractivity contribution in [3.8, 4) is 0 Å². The fraction of sp³-hybridized carbons (Fsp3) is 0.143. The van der Waals surface area contributed by atoms with E-state index in [0.717, 1.165) is 9.26 Å². The number of anilines is 1. The number of halogens is 1. The molecule has 2 rings (SSSR count). The Hall–Kier alpha value is -1.83. The van der Waals surface area contributed by atoms with Crippen LogP contribution in [-0.4, -0.2) is 21.6 Å². The topological polar surface area (TPSA) is 71.3 Å². The molecule has 6 heteroatoms. The molecule has 0 saturated heterocycles. The average Bonchev–Trinajstić information content (AvgIpc) is 2.72. The van der Waals surface area contributed by atoms with Gasteiger partial charge in [-0.05, 0) is 59.8 Å². The zero-order valence-electron chi connectivity index (χ0n) is 11.0. The van der Waals surface area contributed by atoms with Crippen LogP contribution in [0.25, 0.3) is 0 Å². The second-order valence-corrected chi connectivity index (χ2v) is 5.61. The number of carbonyl (C=O) groups is 2. The van der Waals surface area contributed by atoms with Crippen molar-refractivity contribution in [2.75, 3.05) is 5.32 Å². The van der Waals surface area contributed by atoms with Gasteiger partial charge < -0.3 is 15.0 Å². The first-order chi connectivity index (χ1) is 9.40. The molecule has 0 fully saturated rings. The number of carboxylic acid groups (broad SMARTS) is 1. The molecule has 0 radical (unpaired) electrons. The normalized spacial score (nSPS) is 10.3. The third kappa shape index (κ3) is 2.84. The molecule has 0 saturated carbocycles. The summed E-state index contributed by atoms with van der Waals surface area (Å²) >= 11 is 2.03. The second kappa shape index (κ2) is 5.66. The Labute approximate surface area is 129 Å². The average molecular weight is 384 g/mol. The van der Waals surface area contributed by atoms with Crippen LogP contribution < -0.4 is 5.32 Å². The van der Waals surface area contributed by atoms with Gasteiger partial charge in [-0.25, -0.2) is 4.79 Å². The standard InChI is InChI=1S/C14H13IN2O3/c1-8-3-6-12(17(8)2)13(18)16-11-5-4-9(15)7-10(11)14(19)20/h3-7H,1-2H3,(H,16,18)(H,19,20). The van der Waals surface area contributed by atoms with Gasteiger partial charge in [0, 0.05) is 16.3 Å². The van der Waals surface area contributed by atoms with Crippen LogP contribution in [0.1, 0.15) is 26.5 Å². The lowest BCUT2D eigenvalue weighted by Gasteiger charge is -2.10. The van der Waals surface area contributed by atoms with Gasteiger partial charge in [-0.15, -0.1) is 0 Å². The van der Waals surface area contributed by atoms with Crippen molar-refractivity contribution in [1.82, 2.24) is 4.57 Å². The summed E-state index contributed by atoms with van der Waals surface area (Å²) in [5.74, 6) is -1.40. The van der Waals surface area contributed by atoms with Crippen molar-refractivity contribution in [2.45, 2.75) is 6.92 Å². The number of hydrogen-bond acceptors (Lipinski definition) is 2. The molecule has 0 aliphatic rings. The number of carboxylic acids is 1. The van der Waals surface area contributed by atoms with Gasteiger partial charge in [0.25, 0.3) is 5.91 Å². The van der Waals surface area contributed by atoms with E-state index in [1.807, 2.05) is 35.6 Å². The Kier molecular flexibility index (Phi) is 4.12. The molecule has 1 aromatic heterocycles. The molecule has 20 heavy (non-hydrogen) atoms. The lowest BCUT2D eigenvalue weighted by Crippen LogP contribution is -2.18. The van der Waals surface area contributed by atoms with Gasteiger partial charge in [-0.1, -0.05) is 0 Å². The van der Waals surface area contributed by atoms with Crippen molar-refractivity contribution in [3.05, 3.63) is 50.9 Å². The van der Waals surface area contributed by atoms with Gasteiger partial charge in [-0.3, -0.25) is 4.79 Å². The molecule has 0 unspecified atom stereocenters. The number of aromatic nitrogens is 1. The summed E-state index contributed by atoms with van der Waals surface area (Å²) in [6.07, 6.45) is 0.